The Hall–Kier alpha value is -2.44. The van der Waals surface area contributed by atoms with E-state index in [0.717, 1.165) is 5.56 Å². The summed E-state index contributed by atoms with van der Waals surface area (Å²) in [6, 6.07) is 5.64. The molecule has 1 aliphatic rings. The van der Waals surface area contributed by atoms with Gasteiger partial charge in [0.15, 0.2) is 6.04 Å². The third-order valence-electron chi connectivity index (χ3n) is 4.15. The summed E-state index contributed by atoms with van der Waals surface area (Å²) in [5.41, 5.74) is 1.60. The number of hydrogen-bond donors (Lipinski definition) is 2. The van der Waals surface area contributed by atoms with E-state index in [1.165, 1.54) is 0 Å². The molecule has 24 heavy (non-hydrogen) atoms. The molecule has 2 amide bonds. The van der Waals surface area contributed by atoms with Gasteiger partial charge in [-0.3, -0.25) is 9.59 Å². The number of carbonyl (C=O) groups is 3. The second-order valence-electron chi connectivity index (χ2n) is 6.01. The molecule has 7 heteroatoms. The van der Waals surface area contributed by atoms with E-state index in [1.54, 1.807) is 17.0 Å². The van der Waals surface area contributed by atoms with Gasteiger partial charge < -0.3 is 15.3 Å². The minimum absolute atomic E-state index is 0.159. The van der Waals surface area contributed by atoms with Gasteiger partial charge in [0.1, 0.15) is 6.67 Å². The van der Waals surface area contributed by atoms with Crippen LogP contribution in [-0.2, 0) is 9.59 Å². The topological polar surface area (TPSA) is 86.7 Å². The van der Waals surface area contributed by atoms with Crippen molar-refractivity contribution < 1.29 is 23.9 Å². The van der Waals surface area contributed by atoms with Crippen molar-refractivity contribution in [2.45, 2.75) is 25.8 Å². The van der Waals surface area contributed by atoms with E-state index in [0.29, 0.717) is 24.9 Å². The second kappa shape index (κ2) is 7.90. The van der Waals surface area contributed by atoms with E-state index in [9.17, 15) is 18.8 Å². The SMILES string of the molecule is Cc1ccc(C(=O)N2CCCC(C(=O)NC(CF)C(=O)O)C2)cc1. The van der Waals surface area contributed by atoms with Crippen molar-refractivity contribution in [2.24, 2.45) is 5.92 Å². The third kappa shape index (κ3) is 4.31. The number of amides is 2. The number of likely N-dealkylation sites (tertiary alicyclic amines) is 1. The van der Waals surface area contributed by atoms with E-state index in [2.05, 4.69) is 5.32 Å². The maximum atomic E-state index is 12.6. The average molecular weight is 336 g/mol. The van der Waals surface area contributed by atoms with Crippen LogP contribution in [0.1, 0.15) is 28.8 Å². The number of nitrogens with zero attached hydrogens (tertiary/aromatic N) is 1. The fourth-order valence-corrected chi connectivity index (χ4v) is 2.71. The van der Waals surface area contributed by atoms with Gasteiger partial charge in [-0.2, -0.15) is 0 Å². The smallest absolute Gasteiger partial charge is 0.328 e. The number of carboxylic acid groups (broad SMARTS) is 1. The molecule has 1 aromatic rings. The van der Waals surface area contributed by atoms with Crippen LogP contribution in [0, 0.1) is 12.8 Å². The van der Waals surface area contributed by atoms with E-state index in [4.69, 9.17) is 5.11 Å². The first kappa shape index (κ1) is 17.9. The summed E-state index contributed by atoms with van der Waals surface area (Å²) in [6.07, 6.45) is 1.19. The molecule has 6 nitrogen and oxygen atoms in total. The monoisotopic (exact) mass is 336 g/mol. The maximum Gasteiger partial charge on any atom is 0.328 e. The van der Waals surface area contributed by atoms with Crippen LogP contribution < -0.4 is 5.32 Å². The molecule has 2 unspecified atom stereocenters. The van der Waals surface area contributed by atoms with Gasteiger partial charge >= 0.3 is 5.97 Å². The van der Waals surface area contributed by atoms with Crippen molar-refractivity contribution in [2.75, 3.05) is 19.8 Å². The number of aryl methyl sites for hydroxylation is 1. The van der Waals surface area contributed by atoms with Gasteiger partial charge in [0.2, 0.25) is 5.91 Å². The molecule has 0 spiro atoms. The number of rotatable bonds is 5. The predicted molar refractivity (Wildman–Crippen MR) is 85.3 cm³/mol. The van der Waals surface area contributed by atoms with Gasteiger partial charge in [0.05, 0.1) is 5.92 Å². The summed E-state index contributed by atoms with van der Waals surface area (Å²) in [7, 11) is 0. The largest absolute Gasteiger partial charge is 0.480 e. The normalized spacial score (nSPS) is 18.8. The van der Waals surface area contributed by atoms with E-state index >= 15 is 0 Å². The summed E-state index contributed by atoms with van der Waals surface area (Å²) in [5, 5.41) is 11.0. The molecule has 2 atom stereocenters. The number of halogens is 1. The van der Waals surface area contributed by atoms with Crippen molar-refractivity contribution in [3.05, 3.63) is 35.4 Å². The highest BCUT2D eigenvalue weighted by Gasteiger charge is 2.31. The fraction of sp³-hybridized carbons (Fsp3) is 0.471. The lowest BCUT2D eigenvalue weighted by molar-refractivity contribution is -0.143. The van der Waals surface area contributed by atoms with Crippen LogP contribution in [-0.4, -0.2) is 53.6 Å². The highest BCUT2D eigenvalue weighted by molar-refractivity contribution is 5.95. The van der Waals surface area contributed by atoms with Crippen LogP contribution in [0.2, 0.25) is 0 Å². The zero-order valence-corrected chi connectivity index (χ0v) is 13.5. The Kier molecular flexibility index (Phi) is 5.89. The fourth-order valence-electron chi connectivity index (χ4n) is 2.71. The molecular formula is C17H21FN2O4. The number of carbonyl (C=O) groups excluding carboxylic acids is 2. The molecule has 0 aromatic heterocycles. The van der Waals surface area contributed by atoms with Crippen LogP contribution in [0.3, 0.4) is 0 Å². The maximum absolute atomic E-state index is 12.6. The molecular weight excluding hydrogens is 315 g/mol. The molecule has 1 aromatic carbocycles. The lowest BCUT2D eigenvalue weighted by Crippen LogP contribution is -2.50. The highest BCUT2D eigenvalue weighted by Crippen LogP contribution is 2.19. The molecule has 1 saturated heterocycles. The molecule has 2 rings (SSSR count). The average Bonchev–Trinajstić information content (AvgIpc) is 2.59. The number of nitrogens with one attached hydrogen (secondary N) is 1. The number of benzene rings is 1. The lowest BCUT2D eigenvalue weighted by Gasteiger charge is -2.32. The van der Waals surface area contributed by atoms with E-state index in [-0.39, 0.29) is 12.5 Å². The predicted octanol–water partition coefficient (Wildman–Crippen LogP) is 1.39. The van der Waals surface area contributed by atoms with Crippen LogP contribution in [0.15, 0.2) is 24.3 Å². The van der Waals surface area contributed by atoms with Gasteiger partial charge in [0, 0.05) is 18.7 Å². The van der Waals surface area contributed by atoms with Gasteiger partial charge in [-0.25, -0.2) is 9.18 Å². The Morgan fingerprint density at radius 1 is 1.33 bits per heavy atom. The first-order valence-electron chi connectivity index (χ1n) is 7.87. The summed E-state index contributed by atoms with van der Waals surface area (Å²) in [6.45, 7) is 1.51. The van der Waals surface area contributed by atoms with E-state index < -0.39 is 30.5 Å². The van der Waals surface area contributed by atoms with Crippen molar-refractivity contribution in [1.29, 1.82) is 0 Å². The van der Waals surface area contributed by atoms with Gasteiger partial charge in [0.25, 0.3) is 5.91 Å². The van der Waals surface area contributed by atoms with E-state index in [1.807, 2.05) is 19.1 Å². The molecule has 0 saturated carbocycles. The zero-order chi connectivity index (χ0) is 17.7. The zero-order valence-electron chi connectivity index (χ0n) is 13.5. The van der Waals surface area contributed by atoms with Crippen molar-refractivity contribution in [1.82, 2.24) is 10.2 Å². The van der Waals surface area contributed by atoms with Crippen molar-refractivity contribution in [3.8, 4) is 0 Å². The number of aliphatic carboxylic acids is 1. The molecule has 130 valence electrons. The number of piperidine rings is 1. The van der Waals surface area contributed by atoms with Gasteiger partial charge in [-0.1, -0.05) is 17.7 Å². The molecule has 2 N–H and O–H groups in total. The molecule has 0 radical (unpaired) electrons. The highest BCUT2D eigenvalue weighted by atomic mass is 19.1. The first-order valence-corrected chi connectivity index (χ1v) is 7.87. The number of carboxylic acids is 1. The summed E-state index contributed by atoms with van der Waals surface area (Å²) in [4.78, 5) is 37.0. The minimum Gasteiger partial charge on any atom is -0.480 e. The molecule has 1 heterocycles. The first-order chi connectivity index (χ1) is 11.4. The third-order valence-corrected chi connectivity index (χ3v) is 4.15. The quantitative estimate of drug-likeness (QED) is 0.851. The Labute approximate surface area is 139 Å². The standard InChI is InChI=1S/C17H21FN2O4/c1-11-4-6-12(7-5-11)16(22)20-8-2-3-13(10-20)15(21)19-14(9-18)17(23)24/h4-7,13-14H,2-3,8-10H2,1H3,(H,19,21)(H,23,24). The van der Waals surface area contributed by atoms with Crippen molar-refractivity contribution >= 4 is 17.8 Å². The van der Waals surface area contributed by atoms with Gasteiger partial charge in [-0.05, 0) is 31.9 Å². The Morgan fingerprint density at radius 2 is 2.00 bits per heavy atom. The summed E-state index contributed by atoms with van der Waals surface area (Å²) < 4.78 is 12.6. The van der Waals surface area contributed by atoms with Crippen LogP contribution in [0.5, 0.6) is 0 Å². The van der Waals surface area contributed by atoms with Crippen LogP contribution >= 0.6 is 0 Å². The molecule has 1 aliphatic heterocycles. The lowest BCUT2D eigenvalue weighted by atomic mass is 9.96. The Balaban J connectivity index is 2.00. The number of hydrogen-bond acceptors (Lipinski definition) is 3. The Bertz CT molecular complexity index is 618. The van der Waals surface area contributed by atoms with Crippen molar-refractivity contribution in [3.63, 3.8) is 0 Å². The molecule has 0 bridgehead atoms. The number of alkyl halides is 1. The second-order valence-corrected chi connectivity index (χ2v) is 6.01. The van der Waals surface area contributed by atoms with Crippen LogP contribution in [0.4, 0.5) is 4.39 Å². The summed E-state index contributed by atoms with van der Waals surface area (Å²) >= 11 is 0. The molecule has 1 fully saturated rings. The van der Waals surface area contributed by atoms with Crippen LogP contribution in [0.25, 0.3) is 0 Å². The van der Waals surface area contributed by atoms with Gasteiger partial charge in [-0.15, -0.1) is 0 Å². The molecule has 0 aliphatic carbocycles. The Morgan fingerprint density at radius 3 is 2.58 bits per heavy atom. The minimum atomic E-state index is -1.54. The summed E-state index contributed by atoms with van der Waals surface area (Å²) in [5.74, 6) is -2.62.